The summed E-state index contributed by atoms with van der Waals surface area (Å²) in [7, 11) is 0. The molecule has 0 bridgehead atoms. The van der Waals surface area contributed by atoms with Crippen molar-refractivity contribution in [1.29, 1.82) is 0 Å². The van der Waals surface area contributed by atoms with Crippen molar-refractivity contribution in [3.05, 3.63) is 0 Å². The molecule has 116 valence electrons. The first kappa shape index (κ1) is 18.2. The second-order valence-electron chi connectivity index (χ2n) is 4.27. The van der Waals surface area contributed by atoms with Gasteiger partial charge in [-0.3, -0.25) is 4.79 Å². The van der Waals surface area contributed by atoms with E-state index in [1.165, 1.54) is 6.92 Å². The molecular formula is C12H23N3O5. The van der Waals surface area contributed by atoms with E-state index in [1.807, 2.05) is 13.8 Å². The summed E-state index contributed by atoms with van der Waals surface area (Å²) in [5.41, 5.74) is 0. The minimum Gasteiger partial charge on any atom is -0.480 e. The molecule has 0 unspecified atom stereocenters. The molecule has 8 nitrogen and oxygen atoms in total. The first-order valence-corrected chi connectivity index (χ1v) is 6.56. The largest absolute Gasteiger partial charge is 0.480 e. The number of carboxylic acid groups (broad SMARTS) is 1. The van der Waals surface area contributed by atoms with Crippen LogP contribution in [0, 0.1) is 0 Å². The van der Waals surface area contributed by atoms with E-state index in [0.717, 1.165) is 0 Å². The molecule has 0 aromatic heterocycles. The summed E-state index contributed by atoms with van der Waals surface area (Å²) in [6.07, 6.45) is -1.07. The van der Waals surface area contributed by atoms with Crippen LogP contribution >= 0.6 is 0 Å². The minimum atomic E-state index is -1.38. The zero-order valence-electron chi connectivity index (χ0n) is 12.0. The topological polar surface area (TPSA) is 119 Å². The van der Waals surface area contributed by atoms with E-state index >= 15 is 0 Å². The van der Waals surface area contributed by atoms with Crippen LogP contribution < -0.4 is 10.6 Å². The Bertz CT molecular complexity index is 342. The van der Waals surface area contributed by atoms with Gasteiger partial charge in [0.2, 0.25) is 5.91 Å². The number of urea groups is 1. The van der Waals surface area contributed by atoms with Gasteiger partial charge in [-0.25, -0.2) is 9.59 Å². The van der Waals surface area contributed by atoms with Gasteiger partial charge in [0.05, 0.1) is 6.10 Å². The molecule has 0 saturated carbocycles. The summed E-state index contributed by atoms with van der Waals surface area (Å²) in [6.45, 7) is 6.30. The lowest BCUT2D eigenvalue weighted by atomic mass is 10.2. The number of aliphatic hydroxyl groups excluding tert-OH is 1. The highest BCUT2D eigenvalue weighted by molar-refractivity contribution is 5.83. The number of rotatable bonds is 8. The third kappa shape index (κ3) is 6.37. The third-order valence-electron chi connectivity index (χ3n) is 2.78. The maximum atomic E-state index is 11.6. The van der Waals surface area contributed by atoms with E-state index in [1.54, 1.807) is 4.90 Å². The molecule has 0 saturated heterocycles. The van der Waals surface area contributed by atoms with Gasteiger partial charge in [0.15, 0.2) is 6.04 Å². The maximum absolute atomic E-state index is 11.6. The van der Waals surface area contributed by atoms with Crippen LogP contribution in [0.15, 0.2) is 0 Å². The van der Waals surface area contributed by atoms with Crippen LogP contribution in [0.4, 0.5) is 4.79 Å². The van der Waals surface area contributed by atoms with E-state index in [0.29, 0.717) is 13.1 Å². The van der Waals surface area contributed by atoms with Crippen molar-refractivity contribution in [2.45, 2.75) is 39.3 Å². The summed E-state index contributed by atoms with van der Waals surface area (Å²) in [5, 5.41) is 22.5. The number of carbonyl (C=O) groups excluding carboxylic acids is 2. The normalized spacial score (nSPS) is 13.2. The molecule has 0 aromatic rings. The van der Waals surface area contributed by atoms with Crippen molar-refractivity contribution in [1.82, 2.24) is 15.5 Å². The van der Waals surface area contributed by atoms with Crippen LogP contribution in [0.25, 0.3) is 0 Å². The van der Waals surface area contributed by atoms with Crippen LogP contribution in [0.5, 0.6) is 0 Å². The Kier molecular flexibility index (Phi) is 8.30. The fourth-order valence-electron chi connectivity index (χ4n) is 1.60. The Balaban J connectivity index is 4.11. The molecule has 3 amide bonds. The van der Waals surface area contributed by atoms with E-state index in [-0.39, 0.29) is 18.9 Å². The Morgan fingerprint density at radius 3 is 2.15 bits per heavy atom. The minimum absolute atomic E-state index is 0.0828. The van der Waals surface area contributed by atoms with E-state index in [2.05, 4.69) is 10.6 Å². The lowest BCUT2D eigenvalue weighted by Gasteiger charge is -2.19. The van der Waals surface area contributed by atoms with Crippen LogP contribution in [0.3, 0.4) is 0 Å². The predicted octanol–water partition coefficient (Wildman–Crippen LogP) is -0.622. The summed E-state index contributed by atoms with van der Waals surface area (Å²) in [4.78, 5) is 35.5. The molecule has 2 atom stereocenters. The van der Waals surface area contributed by atoms with Gasteiger partial charge in [-0.05, 0) is 20.8 Å². The van der Waals surface area contributed by atoms with Crippen molar-refractivity contribution in [3.63, 3.8) is 0 Å². The van der Waals surface area contributed by atoms with Crippen molar-refractivity contribution >= 4 is 17.9 Å². The molecule has 0 aliphatic carbocycles. The van der Waals surface area contributed by atoms with Crippen LogP contribution in [0.1, 0.15) is 27.2 Å². The Morgan fingerprint density at radius 2 is 1.75 bits per heavy atom. The lowest BCUT2D eigenvalue weighted by Crippen LogP contribution is -2.51. The average Bonchev–Trinajstić information content (AvgIpc) is 2.36. The highest BCUT2D eigenvalue weighted by atomic mass is 16.4. The molecule has 0 aromatic carbocycles. The smallest absolute Gasteiger partial charge is 0.328 e. The predicted molar refractivity (Wildman–Crippen MR) is 72.2 cm³/mol. The van der Waals surface area contributed by atoms with Gasteiger partial charge >= 0.3 is 12.0 Å². The lowest BCUT2D eigenvalue weighted by molar-refractivity contribution is -0.141. The van der Waals surface area contributed by atoms with Crippen molar-refractivity contribution in [2.24, 2.45) is 0 Å². The summed E-state index contributed by atoms with van der Waals surface area (Å²) in [5.74, 6) is -1.41. The molecule has 0 heterocycles. The molecule has 0 aliphatic heterocycles. The van der Waals surface area contributed by atoms with Crippen molar-refractivity contribution in [2.75, 3.05) is 19.6 Å². The number of nitrogens with zero attached hydrogens (tertiary/aromatic N) is 1. The van der Waals surface area contributed by atoms with E-state index in [4.69, 9.17) is 5.11 Å². The van der Waals surface area contributed by atoms with Crippen molar-refractivity contribution < 1.29 is 24.6 Å². The van der Waals surface area contributed by atoms with Gasteiger partial charge in [-0.2, -0.15) is 0 Å². The van der Waals surface area contributed by atoms with Gasteiger partial charge < -0.3 is 25.7 Å². The number of carboxylic acids is 1. The molecular weight excluding hydrogens is 266 g/mol. The number of nitrogens with one attached hydrogen (secondary N) is 2. The number of aliphatic carboxylic acids is 1. The van der Waals surface area contributed by atoms with Gasteiger partial charge in [0.1, 0.15) is 0 Å². The van der Waals surface area contributed by atoms with E-state index in [9.17, 15) is 19.5 Å². The molecule has 0 spiro atoms. The maximum Gasteiger partial charge on any atom is 0.328 e. The molecule has 8 heteroatoms. The summed E-state index contributed by atoms with van der Waals surface area (Å²) in [6, 6.07) is -2.11. The number of aliphatic hydroxyl groups is 1. The molecule has 0 aliphatic rings. The van der Waals surface area contributed by atoms with Gasteiger partial charge in [-0.15, -0.1) is 0 Å². The first-order chi connectivity index (χ1) is 9.33. The second kappa shape index (κ2) is 9.13. The fourth-order valence-corrected chi connectivity index (χ4v) is 1.60. The van der Waals surface area contributed by atoms with Crippen molar-refractivity contribution in [3.8, 4) is 0 Å². The standard InChI is InChI=1S/C12H23N3O5/c1-4-15(5-2)9(17)6-7-13-12(20)14-10(8(3)16)11(18)19/h8,10,16H,4-7H2,1-3H3,(H,18,19)(H2,13,14,20)/t8-,10+/m1/s1. The third-order valence-corrected chi connectivity index (χ3v) is 2.78. The molecule has 0 fully saturated rings. The number of amides is 3. The number of carbonyl (C=O) groups is 3. The Labute approximate surface area is 118 Å². The van der Waals surface area contributed by atoms with Crippen LogP contribution in [-0.2, 0) is 9.59 Å². The highest BCUT2D eigenvalue weighted by Crippen LogP contribution is 1.94. The molecule has 4 N–H and O–H groups in total. The molecule has 20 heavy (non-hydrogen) atoms. The van der Waals surface area contributed by atoms with Gasteiger partial charge in [0, 0.05) is 26.1 Å². The first-order valence-electron chi connectivity index (χ1n) is 6.56. The Hall–Kier alpha value is -1.83. The fraction of sp³-hybridized carbons (Fsp3) is 0.750. The second-order valence-corrected chi connectivity index (χ2v) is 4.27. The molecule has 0 radical (unpaired) electrons. The summed E-state index contributed by atoms with van der Waals surface area (Å²) >= 11 is 0. The number of hydrogen-bond acceptors (Lipinski definition) is 4. The SMILES string of the molecule is CCN(CC)C(=O)CCNC(=O)N[C@H](C(=O)O)[C@@H](C)O. The zero-order chi connectivity index (χ0) is 15.7. The highest BCUT2D eigenvalue weighted by Gasteiger charge is 2.24. The Morgan fingerprint density at radius 1 is 1.20 bits per heavy atom. The average molecular weight is 289 g/mol. The zero-order valence-corrected chi connectivity index (χ0v) is 12.0. The van der Waals surface area contributed by atoms with Gasteiger partial charge in [-0.1, -0.05) is 0 Å². The van der Waals surface area contributed by atoms with Gasteiger partial charge in [0.25, 0.3) is 0 Å². The quantitative estimate of drug-likeness (QED) is 0.475. The molecule has 0 rings (SSSR count). The van der Waals surface area contributed by atoms with Crippen LogP contribution in [-0.4, -0.2) is 64.8 Å². The van der Waals surface area contributed by atoms with Crippen LogP contribution in [0.2, 0.25) is 0 Å². The number of hydrogen-bond donors (Lipinski definition) is 4. The monoisotopic (exact) mass is 289 g/mol. The summed E-state index contributed by atoms with van der Waals surface area (Å²) < 4.78 is 0. The van der Waals surface area contributed by atoms with E-state index < -0.39 is 24.1 Å².